The molecule has 1 fully saturated rings. The first-order valence-electron chi connectivity index (χ1n) is 7.53. The number of terminal acetylenes is 1. The van der Waals surface area contributed by atoms with Gasteiger partial charge in [-0.15, -0.1) is 6.42 Å². The number of H-pyrrole nitrogens is 1. The van der Waals surface area contributed by atoms with Crippen LogP contribution in [0, 0.1) is 12.3 Å². The molecule has 0 unspecified atom stereocenters. The summed E-state index contributed by atoms with van der Waals surface area (Å²) in [4.78, 5) is 40.5. The van der Waals surface area contributed by atoms with E-state index in [1.807, 2.05) is 0 Å². The summed E-state index contributed by atoms with van der Waals surface area (Å²) < 4.78 is 28.4. The van der Waals surface area contributed by atoms with Crippen molar-refractivity contribution in [3.05, 3.63) is 16.7 Å². The number of fused-ring (bicyclic) bond motifs is 1. The van der Waals surface area contributed by atoms with E-state index in [4.69, 9.17) is 35.9 Å². The molecule has 13 nitrogen and oxygen atoms in total. The molecule has 3 heterocycles. The second-order valence-corrected chi connectivity index (χ2v) is 6.76. The average Bonchev–Trinajstić information content (AvgIpc) is 3.13. The minimum atomic E-state index is -4.94. The molecule has 14 heteroatoms. The first-order valence-corrected chi connectivity index (χ1v) is 9.06. The Bertz CT molecular complexity index is 977. The van der Waals surface area contributed by atoms with Gasteiger partial charge in [0.05, 0.1) is 12.9 Å². The summed E-state index contributed by atoms with van der Waals surface area (Å²) in [6.07, 6.45) is 1.65. The van der Waals surface area contributed by atoms with Gasteiger partial charge in [0, 0.05) is 0 Å². The van der Waals surface area contributed by atoms with Crippen LogP contribution in [0.15, 0.2) is 11.1 Å². The molecule has 1 aliphatic heterocycles. The number of nitrogen functional groups attached to an aromatic ring is 1. The fourth-order valence-electron chi connectivity index (χ4n) is 2.82. The molecule has 146 valence electrons. The fourth-order valence-corrected chi connectivity index (χ4v) is 3.39. The predicted molar refractivity (Wildman–Crippen MR) is 89.0 cm³/mol. The van der Waals surface area contributed by atoms with Crippen molar-refractivity contribution in [3.8, 4) is 12.3 Å². The zero-order valence-electron chi connectivity index (χ0n) is 13.6. The van der Waals surface area contributed by atoms with Gasteiger partial charge in [-0.25, -0.2) is 9.55 Å². The van der Waals surface area contributed by atoms with Crippen LogP contribution in [0.3, 0.4) is 0 Å². The molecule has 1 aliphatic rings. The van der Waals surface area contributed by atoms with Crippen molar-refractivity contribution in [2.45, 2.75) is 24.5 Å². The van der Waals surface area contributed by atoms with Crippen molar-refractivity contribution in [2.24, 2.45) is 0 Å². The number of aromatic nitrogens is 4. The Hall–Kier alpha value is -2.30. The lowest BCUT2D eigenvalue weighted by Gasteiger charge is -2.24. The molecule has 2 aromatic heterocycles. The summed E-state index contributed by atoms with van der Waals surface area (Å²) in [6.45, 7) is -0.855. The quantitative estimate of drug-likeness (QED) is 0.267. The number of nitrogens with zero attached hydrogens (tertiary/aromatic N) is 3. The summed E-state index contributed by atoms with van der Waals surface area (Å²) in [5, 5.41) is 9.52. The molecule has 0 saturated carbocycles. The van der Waals surface area contributed by atoms with Crippen molar-refractivity contribution in [1.82, 2.24) is 19.5 Å². The largest absolute Gasteiger partial charge is 0.470 e. The number of phosphoric acid groups is 1. The number of nitrogens with one attached hydrogen (secondary N) is 1. The predicted octanol–water partition coefficient (Wildman–Crippen LogP) is -1.91. The zero-order chi connectivity index (χ0) is 19.8. The summed E-state index contributed by atoms with van der Waals surface area (Å²) in [5.41, 5.74) is 4.98. The summed E-state index contributed by atoms with van der Waals surface area (Å²) >= 11 is 0. The number of aliphatic hydroxyl groups excluding tert-OH is 1. The maximum atomic E-state index is 11.9. The molecule has 2 aromatic rings. The van der Waals surface area contributed by atoms with E-state index in [0.29, 0.717) is 0 Å². The highest BCUT2D eigenvalue weighted by Crippen LogP contribution is 2.45. The Morgan fingerprint density at radius 2 is 2.22 bits per heavy atom. The van der Waals surface area contributed by atoms with Crippen molar-refractivity contribution >= 4 is 24.9 Å². The first kappa shape index (κ1) is 19.5. The van der Waals surface area contributed by atoms with Gasteiger partial charge < -0.3 is 30.1 Å². The van der Waals surface area contributed by atoms with Crippen LogP contribution in [0.25, 0.3) is 11.2 Å². The minimum Gasteiger partial charge on any atom is -0.394 e. The first-order chi connectivity index (χ1) is 12.7. The van der Waals surface area contributed by atoms with E-state index >= 15 is 0 Å². The monoisotopic (exact) mass is 401 g/mol. The van der Waals surface area contributed by atoms with Crippen LogP contribution in [0.5, 0.6) is 0 Å². The maximum absolute atomic E-state index is 11.9. The van der Waals surface area contributed by atoms with E-state index in [1.165, 1.54) is 10.9 Å². The third kappa shape index (κ3) is 3.87. The molecule has 27 heavy (non-hydrogen) atoms. The van der Waals surface area contributed by atoms with E-state index in [1.54, 1.807) is 0 Å². The number of aromatic amines is 1. The molecule has 0 bridgehead atoms. The van der Waals surface area contributed by atoms with E-state index in [0.717, 1.165) is 0 Å². The second kappa shape index (κ2) is 7.37. The number of anilines is 1. The Balaban J connectivity index is 2.06. The lowest BCUT2D eigenvalue weighted by Crippen LogP contribution is -2.37. The van der Waals surface area contributed by atoms with E-state index in [-0.39, 0.29) is 23.7 Å². The molecule has 0 spiro atoms. The molecule has 4 atom stereocenters. The second-order valence-electron chi connectivity index (χ2n) is 5.56. The molecule has 0 radical (unpaired) electrons. The van der Waals surface area contributed by atoms with Crippen LogP contribution >= 0.6 is 7.82 Å². The van der Waals surface area contributed by atoms with Gasteiger partial charge in [-0.2, -0.15) is 4.98 Å². The number of imidazole rings is 1. The van der Waals surface area contributed by atoms with Crippen LogP contribution in [0.1, 0.15) is 6.23 Å². The summed E-state index contributed by atoms with van der Waals surface area (Å²) in [5.74, 6) is 2.06. The standard InChI is InChI=1S/C13H16N5O8P/c1-2-3-24-9-8(26-27(21,22)23)6(4-19)25-12(9)18-5-15-7-10(18)16-13(14)17-11(7)20/h1,5-6,8-9,12,19H,3-4H2,(H2,21,22,23)(H3,14,16,17,20)/t6-,8-,9-,12-/m1/s1. The van der Waals surface area contributed by atoms with Gasteiger partial charge in [0.2, 0.25) is 5.95 Å². The topological polar surface area (TPSA) is 195 Å². The third-order valence-corrected chi connectivity index (χ3v) is 4.33. The van der Waals surface area contributed by atoms with Crippen LogP contribution in [-0.4, -0.2) is 65.9 Å². The van der Waals surface area contributed by atoms with Crippen molar-refractivity contribution < 1.29 is 33.5 Å². The summed E-state index contributed by atoms with van der Waals surface area (Å²) in [7, 11) is -4.94. The van der Waals surface area contributed by atoms with Gasteiger partial charge in [0.15, 0.2) is 17.4 Å². The molecule has 0 aliphatic carbocycles. The molecular weight excluding hydrogens is 385 g/mol. The highest BCUT2D eigenvalue weighted by atomic mass is 31.2. The number of aliphatic hydroxyl groups is 1. The number of phosphoric ester groups is 1. The van der Waals surface area contributed by atoms with Crippen LogP contribution < -0.4 is 11.3 Å². The highest BCUT2D eigenvalue weighted by molar-refractivity contribution is 7.46. The molecule has 6 N–H and O–H groups in total. The fraction of sp³-hybridized carbons (Fsp3) is 0.462. The Morgan fingerprint density at radius 1 is 1.48 bits per heavy atom. The van der Waals surface area contributed by atoms with Gasteiger partial charge in [-0.3, -0.25) is 18.9 Å². The zero-order valence-corrected chi connectivity index (χ0v) is 14.5. The Kier molecular flexibility index (Phi) is 5.31. The maximum Gasteiger partial charge on any atom is 0.470 e. The highest BCUT2D eigenvalue weighted by Gasteiger charge is 2.50. The van der Waals surface area contributed by atoms with Crippen LogP contribution in [0.4, 0.5) is 5.95 Å². The average molecular weight is 401 g/mol. The molecular formula is C13H16N5O8P. The molecule has 0 amide bonds. The van der Waals surface area contributed by atoms with Gasteiger partial charge in [-0.05, 0) is 0 Å². The number of hydrogen-bond donors (Lipinski definition) is 5. The van der Waals surface area contributed by atoms with E-state index in [2.05, 4.69) is 20.9 Å². The van der Waals surface area contributed by atoms with Gasteiger partial charge in [-0.1, -0.05) is 5.92 Å². The molecule has 3 rings (SSSR count). The lowest BCUT2D eigenvalue weighted by molar-refractivity contribution is -0.0635. The van der Waals surface area contributed by atoms with Crippen LogP contribution in [-0.2, 0) is 18.6 Å². The summed E-state index contributed by atoms with van der Waals surface area (Å²) in [6, 6.07) is 0. The third-order valence-electron chi connectivity index (χ3n) is 3.81. The van der Waals surface area contributed by atoms with Crippen LogP contribution in [0.2, 0.25) is 0 Å². The van der Waals surface area contributed by atoms with Gasteiger partial charge in [0.1, 0.15) is 24.9 Å². The number of rotatable bonds is 6. The normalized spacial score (nSPS) is 25.7. The van der Waals surface area contributed by atoms with Crippen molar-refractivity contribution in [2.75, 3.05) is 18.9 Å². The SMILES string of the molecule is C#CCO[C@@H]1[C@H](OP(=O)(O)O)[C@@H](CO)O[C@H]1n1cnc2c(=O)[nH]c(N)nc21. The van der Waals surface area contributed by atoms with E-state index < -0.39 is 44.5 Å². The Labute approximate surface area is 151 Å². The molecule has 1 saturated heterocycles. The van der Waals surface area contributed by atoms with Gasteiger partial charge >= 0.3 is 7.82 Å². The molecule has 0 aromatic carbocycles. The number of hydrogen-bond acceptors (Lipinski definition) is 9. The van der Waals surface area contributed by atoms with E-state index in [9.17, 15) is 14.5 Å². The lowest BCUT2D eigenvalue weighted by atomic mass is 10.1. The number of ether oxygens (including phenoxy) is 2. The smallest absolute Gasteiger partial charge is 0.394 e. The van der Waals surface area contributed by atoms with Gasteiger partial charge in [0.25, 0.3) is 5.56 Å². The van der Waals surface area contributed by atoms with Crippen molar-refractivity contribution in [3.63, 3.8) is 0 Å². The number of nitrogens with two attached hydrogens (primary N) is 1. The minimum absolute atomic E-state index is 0.0385. The van der Waals surface area contributed by atoms with Crippen molar-refractivity contribution in [1.29, 1.82) is 0 Å². The Morgan fingerprint density at radius 3 is 2.85 bits per heavy atom.